The second-order valence-corrected chi connectivity index (χ2v) is 3.83. The fourth-order valence-electron chi connectivity index (χ4n) is 1.13. The summed E-state index contributed by atoms with van der Waals surface area (Å²) in [5.41, 5.74) is 0.732. The Kier molecular flexibility index (Phi) is 4.71. The molecule has 0 bridgehead atoms. The molecule has 6 heteroatoms. The predicted octanol–water partition coefficient (Wildman–Crippen LogP) is 2.43. The fraction of sp³-hybridized carbons (Fsp3) is 0.300. The van der Waals surface area contributed by atoms with Crippen molar-refractivity contribution < 1.29 is 9.53 Å². The highest BCUT2D eigenvalue weighted by atomic mass is 35.5. The quantitative estimate of drug-likeness (QED) is 0.879. The first-order chi connectivity index (χ1) is 7.58. The molecule has 4 nitrogen and oxygen atoms in total. The number of methoxy groups -OCH3 is 1. The number of carbonyl (C=O) groups is 1. The van der Waals surface area contributed by atoms with Crippen LogP contribution >= 0.6 is 23.2 Å². The van der Waals surface area contributed by atoms with Gasteiger partial charge in [0.15, 0.2) is 0 Å². The first-order valence-electron chi connectivity index (χ1n) is 4.56. The number of benzene rings is 1. The van der Waals surface area contributed by atoms with E-state index in [9.17, 15) is 4.79 Å². The van der Waals surface area contributed by atoms with Gasteiger partial charge in [-0.25, -0.2) is 4.79 Å². The molecule has 0 saturated heterocycles. The van der Waals surface area contributed by atoms with Crippen LogP contribution in [0.15, 0.2) is 12.1 Å². The number of hydrogen-bond donors (Lipinski definition) is 2. The normalized spacial score (nSPS) is 9.75. The maximum absolute atomic E-state index is 11.0. The van der Waals surface area contributed by atoms with E-state index < -0.39 is 0 Å². The molecule has 0 fully saturated rings. The van der Waals surface area contributed by atoms with Gasteiger partial charge in [0.05, 0.1) is 12.1 Å². The van der Waals surface area contributed by atoms with E-state index in [0.29, 0.717) is 22.3 Å². The van der Waals surface area contributed by atoms with E-state index in [0.717, 1.165) is 5.56 Å². The molecular formula is C10H12Cl2N2O2. The van der Waals surface area contributed by atoms with Crippen LogP contribution in [0.5, 0.6) is 5.75 Å². The largest absolute Gasteiger partial charge is 0.495 e. The Labute approximate surface area is 104 Å². The average Bonchev–Trinajstić information content (AvgIpc) is 2.29. The lowest BCUT2D eigenvalue weighted by molar-refractivity contribution is 0.242. The van der Waals surface area contributed by atoms with Crippen LogP contribution in [0, 0.1) is 0 Å². The van der Waals surface area contributed by atoms with E-state index in [-0.39, 0.29) is 6.03 Å². The van der Waals surface area contributed by atoms with Crippen molar-refractivity contribution in [1.29, 1.82) is 0 Å². The van der Waals surface area contributed by atoms with Crippen molar-refractivity contribution in [3.63, 3.8) is 0 Å². The summed E-state index contributed by atoms with van der Waals surface area (Å²) in [6, 6.07) is 3.01. The third-order valence-electron chi connectivity index (χ3n) is 1.99. The highest BCUT2D eigenvalue weighted by Crippen LogP contribution is 2.30. The second-order valence-electron chi connectivity index (χ2n) is 3.01. The standard InChI is InChI=1S/C10H12Cl2N2O2/c1-13-10(15)14-5-6-3-8(12)9(16-2)4-7(6)11/h3-4H,5H2,1-2H3,(H2,13,14,15). The van der Waals surface area contributed by atoms with Crippen molar-refractivity contribution in [3.05, 3.63) is 27.7 Å². The highest BCUT2D eigenvalue weighted by molar-refractivity contribution is 6.34. The molecule has 0 atom stereocenters. The van der Waals surface area contributed by atoms with E-state index in [4.69, 9.17) is 27.9 Å². The topological polar surface area (TPSA) is 50.4 Å². The average molecular weight is 263 g/mol. The van der Waals surface area contributed by atoms with E-state index in [1.54, 1.807) is 12.1 Å². The molecule has 0 spiro atoms. The summed E-state index contributed by atoms with van der Waals surface area (Å²) >= 11 is 11.9. The van der Waals surface area contributed by atoms with Crippen LogP contribution in [-0.2, 0) is 6.54 Å². The maximum Gasteiger partial charge on any atom is 0.314 e. The molecule has 1 aromatic rings. The molecule has 0 aliphatic rings. The minimum absolute atomic E-state index is 0.275. The summed E-state index contributed by atoms with van der Waals surface area (Å²) in [7, 11) is 3.05. The highest BCUT2D eigenvalue weighted by Gasteiger charge is 2.08. The van der Waals surface area contributed by atoms with Crippen LogP contribution < -0.4 is 15.4 Å². The molecule has 0 radical (unpaired) electrons. The third kappa shape index (κ3) is 3.18. The number of ether oxygens (including phenoxy) is 1. The SMILES string of the molecule is CNC(=O)NCc1cc(Cl)c(OC)cc1Cl. The molecule has 1 aromatic carbocycles. The van der Waals surface area contributed by atoms with Crippen LogP contribution in [0.1, 0.15) is 5.56 Å². The molecule has 0 heterocycles. The van der Waals surface area contributed by atoms with E-state index in [1.165, 1.54) is 14.2 Å². The Morgan fingerprint density at radius 2 is 2.06 bits per heavy atom. The van der Waals surface area contributed by atoms with Gasteiger partial charge < -0.3 is 15.4 Å². The molecule has 16 heavy (non-hydrogen) atoms. The van der Waals surface area contributed by atoms with Crippen LogP contribution in [0.2, 0.25) is 10.0 Å². The molecular weight excluding hydrogens is 251 g/mol. The zero-order chi connectivity index (χ0) is 12.1. The van der Waals surface area contributed by atoms with Crippen LogP contribution in [-0.4, -0.2) is 20.2 Å². The number of rotatable bonds is 3. The van der Waals surface area contributed by atoms with Crippen molar-refractivity contribution in [2.45, 2.75) is 6.54 Å². The Morgan fingerprint density at radius 3 is 2.62 bits per heavy atom. The molecule has 2 N–H and O–H groups in total. The molecule has 0 saturated carbocycles. The first kappa shape index (κ1) is 12.9. The number of halogens is 2. The van der Waals surface area contributed by atoms with Gasteiger partial charge in [0.2, 0.25) is 0 Å². The van der Waals surface area contributed by atoms with Crippen molar-refractivity contribution in [3.8, 4) is 5.75 Å². The summed E-state index contributed by atoms with van der Waals surface area (Å²) < 4.78 is 5.01. The molecule has 0 aliphatic carbocycles. The minimum atomic E-state index is -0.275. The summed E-state index contributed by atoms with van der Waals surface area (Å²) in [6.07, 6.45) is 0. The predicted molar refractivity (Wildman–Crippen MR) is 64.3 cm³/mol. The van der Waals surface area contributed by atoms with Crippen molar-refractivity contribution in [2.75, 3.05) is 14.2 Å². The third-order valence-corrected chi connectivity index (χ3v) is 2.63. The summed E-state index contributed by atoms with van der Waals surface area (Å²) in [6.45, 7) is 0.308. The van der Waals surface area contributed by atoms with Gasteiger partial charge in [-0.05, 0) is 11.6 Å². The van der Waals surface area contributed by atoms with Crippen LogP contribution in [0.4, 0.5) is 4.79 Å². The zero-order valence-corrected chi connectivity index (χ0v) is 10.4. The van der Waals surface area contributed by atoms with Gasteiger partial charge in [-0.3, -0.25) is 0 Å². The fourth-order valence-corrected chi connectivity index (χ4v) is 1.61. The van der Waals surface area contributed by atoms with Crippen molar-refractivity contribution >= 4 is 29.2 Å². The van der Waals surface area contributed by atoms with Crippen LogP contribution in [0.25, 0.3) is 0 Å². The number of urea groups is 1. The summed E-state index contributed by atoms with van der Waals surface area (Å²) in [4.78, 5) is 11.0. The van der Waals surface area contributed by atoms with E-state index in [1.807, 2.05) is 0 Å². The molecule has 0 aliphatic heterocycles. The van der Waals surface area contributed by atoms with Gasteiger partial charge in [-0.15, -0.1) is 0 Å². The van der Waals surface area contributed by atoms with Crippen molar-refractivity contribution in [1.82, 2.24) is 10.6 Å². The van der Waals surface area contributed by atoms with Gasteiger partial charge in [-0.2, -0.15) is 0 Å². The number of hydrogen-bond acceptors (Lipinski definition) is 2. The molecule has 0 aromatic heterocycles. The van der Waals surface area contributed by atoms with Crippen LogP contribution in [0.3, 0.4) is 0 Å². The number of nitrogens with one attached hydrogen (secondary N) is 2. The monoisotopic (exact) mass is 262 g/mol. The lowest BCUT2D eigenvalue weighted by Gasteiger charge is -2.09. The molecule has 88 valence electrons. The minimum Gasteiger partial charge on any atom is -0.495 e. The molecule has 2 amide bonds. The maximum atomic E-state index is 11.0. The van der Waals surface area contributed by atoms with E-state index >= 15 is 0 Å². The summed E-state index contributed by atoms with van der Waals surface area (Å²) in [5, 5.41) is 6.02. The lowest BCUT2D eigenvalue weighted by Crippen LogP contribution is -2.32. The van der Waals surface area contributed by atoms with E-state index in [2.05, 4.69) is 10.6 Å². The Bertz CT molecular complexity index is 397. The zero-order valence-electron chi connectivity index (χ0n) is 8.93. The van der Waals surface area contributed by atoms with Gasteiger partial charge >= 0.3 is 6.03 Å². The number of carbonyl (C=O) groups excluding carboxylic acids is 1. The molecule has 1 rings (SSSR count). The van der Waals surface area contributed by atoms with Gasteiger partial charge in [0.1, 0.15) is 5.75 Å². The lowest BCUT2D eigenvalue weighted by atomic mass is 10.2. The number of amides is 2. The van der Waals surface area contributed by atoms with Gasteiger partial charge in [0, 0.05) is 24.7 Å². The van der Waals surface area contributed by atoms with Crippen molar-refractivity contribution in [2.24, 2.45) is 0 Å². The molecule has 0 unspecified atom stereocenters. The van der Waals surface area contributed by atoms with Gasteiger partial charge in [-0.1, -0.05) is 23.2 Å². The van der Waals surface area contributed by atoms with Gasteiger partial charge in [0.25, 0.3) is 0 Å². The Balaban J connectivity index is 2.81. The Morgan fingerprint density at radius 1 is 1.38 bits per heavy atom. The second kappa shape index (κ2) is 5.82. The first-order valence-corrected chi connectivity index (χ1v) is 5.31. The summed E-state index contributed by atoms with van der Waals surface area (Å²) in [5.74, 6) is 0.510. The smallest absolute Gasteiger partial charge is 0.314 e. The Hall–Kier alpha value is -1.13.